The molecule has 0 saturated carbocycles. The lowest BCUT2D eigenvalue weighted by Crippen LogP contribution is -1.90. The summed E-state index contributed by atoms with van der Waals surface area (Å²) in [5.41, 5.74) is 2.39. The molecule has 1 aliphatic carbocycles. The maximum Gasteiger partial charge on any atom is 0.0512 e. The minimum atomic E-state index is 1.15. The molecule has 2 aromatic carbocycles. The Kier molecular flexibility index (Phi) is 1.31. The van der Waals surface area contributed by atoms with E-state index in [2.05, 4.69) is 48.9 Å². The maximum atomic E-state index is 3.12. The molecule has 0 heteroatoms. The Morgan fingerprint density at radius 3 is 2.69 bits per heavy atom. The fourth-order valence-electron chi connectivity index (χ4n) is 1.79. The third-order valence-electron chi connectivity index (χ3n) is 2.37. The van der Waals surface area contributed by atoms with E-state index in [1.54, 1.807) is 0 Å². The van der Waals surface area contributed by atoms with Crippen LogP contribution in [0.15, 0.2) is 36.4 Å². The first-order valence-corrected chi connectivity index (χ1v) is 4.32. The smallest absolute Gasteiger partial charge is 0.0512 e. The Balaban J connectivity index is 2.56. The van der Waals surface area contributed by atoms with Crippen molar-refractivity contribution in [1.29, 1.82) is 0 Å². The summed E-state index contributed by atoms with van der Waals surface area (Å²) in [5.74, 6) is 0. The normalized spacial score (nSPS) is 13.5. The van der Waals surface area contributed by atoms with Gasteiger partial charge in [0.1, 0.15) is 0 Å². The summed E-state index contributed by atoms with van der Waals surface area (Å²) >= 11 is 0. The minimum Gasteiger partial charge on any atom is -0.0613 e. The molecule has 0 nitrogen and oxygen atoms in total. The molecule has 3 radical (unpaired) electrons. The van der Waals surface area contributed by atoms with Gasteiger partial charge in [0.05, 0.1) is 6.42 Å². The van der Waals surface area contributed by atoms with Crippen LogP contribution in [0.3, 0.4) is 0 Å². The fraction of sp³-hybridized carbons (Fsp3) is 0. The topological polar surface area (TPSA) is 0 Å². The lowest BCUT2D eigenvalue weighted by molar-refractivity contribution is 1.52. The van der Waals surface area contributed by atoms with E-state index in [9.17, 15) is 0 Å². The van der Waals surface area contributed by atoms with Crippen molar-refractivity contribution in [3.05, 3.63) is 60.0 Å². The lowest BCUT2D eigenvalue weighted by atomic mass is 9.93. The fourth-order valence-corrected chi connectivity index (χ4v) is 1.79. The van der Waals surface area contributed by atoms with Gasteiger partial charge in [-0.15, -0.1) is 0 Å². The zero-order chi connectivity index (χ0) is 8.67. The van der Waals surface area contributed by atoms with Crippen LogP contribution in [-0.4, -0.2) is 0 Å². The summed E-state index contributed by atoms with van der Waals surface area (Å²) < 4.78 is 0. The van der Waals surface area contributed by atoms with Gasteiger partial charge in [-0.05, 0) is 34.1 Å². The van der Waals surface area contributed by atoms with E-state index in [1.807, 2.05) is 6.08 Å². The summed E-state index contributed by atoms with van der Waals surface area (Å²) in [5, 5.41) is 2.57. The predicted octanol–water partition coefficient (Wildman–Crippen LogP) is 3.10. The van der Waals surface area contributed by atoms with Gasteiger partial charge in [0.2, 0.25) is 0 Å². The highest BCUT2D eigenvalue weighted by Gasteiger charge is 2.07. The van der Waals surface area contributed by atoms with Gasteiger partial charge in [0.25, 0.3) is 0 Å². The number of hydrogen-bond acceptors (Lipinski definition) is 0. The molecule has 0 heterocycles. The molecule has 0 saturated heterocycles. The molecule has 1 aliphatic rings. The van der Waals surface area contributed by atoms with Crippen LogP contribution in [0.2, 0.25) is 0 Å². The summed E-state index contributed by atoms with van der Waals surface area (Å²) in [7, 11) is 0. The molecule has 0 atom stereocenters. The largest absolute Gasteiger partial charge is 0.0613 e. The first-order valence-electron chi connectivity index (χ1n) is 4.32. The molecule has 0 bridgehead atoms. The quantitative estimate of drug-likeness (QED) is 0.559. The molecule has 0 N–H and O–H groups in total. The molecular weight excluding hydrogens is 156 g/mol. The SMILES string of the molecule is [C]1[C]=Cc2cccc3cccc1c23. The summed E-state index contributed by atoms with van der Waals surface area (Å²) in [6.45, 7) is 0. The summed E-state index contributed by atoms with van der Waals surface area (Å²) in [6.07, 6.45) is 8.13. The van der Waals surface area contributed by atoms with E-state index >= 15 is 0 Å². The van der Waals surface area contributed by atoms with Crippen LogP contribution >= 0.6 is 0 Å². The molecule has 0 unspecified atom stereocenters. The van der Waals surface area contributed by atoms with E-state index < -0.39 is 0 Å². The van der Waals surface area contributed by atoms with Crippen LogP contribution in [0.4, 0.5) is 0 Å². The van der Waals surface area contributed by atoms with Crippen LogP contribution in [-0.2, 0) is 0 Å². The van der Waals surface area contributed by atoms with Gasteiger partial charge in [-0.1, -0.05) is 36.4 Å². The molecule has 13 heavy (non-hydrogen) atoms. The van der Waals surface area contributed by atoms with Crippen molar-refractivity contribution in [3.63, 3.8) is 0 Å². The van der Waals surface area contributed by atoms with Gasteiger partial charge >= 0.3 is 0 Å². The Bertz CT molecular complexity index is 487. The second-order valence-electron chi connectivity index (χ2n) is 3.16. The standard InChI is InChI=1S/C13H7/c1-4-10-6-2-8-12-9-3-7-11(5-1)13(10)12/h1-2,4-8H. The first kappa shape index (κ1) is 6.90. The van der Waals surface area contributed by atoms with Gasteiger partial charge in [-0.3, -0.25) is 0 Å². The van der Waals surface area contributed by atoms with Gasteiger partial charge in [-0.2, -0.15) is 0 Å². The molecule has 2 aromatic rings. The third kappa shape index (κ3) is 0.919. The molecule has 0 fully saturated rings. The summed E-state index contributed by atoms with van der Waals surface area (Å²) in [6, 6.07) is 12.6. The Morgan fingerprint density at radius 1 is 0.923 bits per heavy atom. The zero-order valence-corrected chi connectivity index (χ0v) is 7.04. The second kappa shape index (κ2) is 2.46. The Hall–Kier alpha value is -1.56. The van der Waals surface area contributed by atoms with Crippen LogP contribution in [0.25, 0.3) is 16.8 Å². The van der Waals surface area contributed by atoms with Crippen molar-refractivity contribution in [3.8, 4) is 0 Å². The van der Waals surface area contributed by atoms with Crippen LogP contribution < -0.4 is 0 Å². The summed E-state index contributed by atoms with van der Waals surface area (Å²) in [4.78, 5) is 0. The Morgan fingerprint density at radius 2 is 1.77 bits per heavy atom. The van der Waals surface area contributed by atoms with Crippen LogP contribution in [0.1, 0.15) is 11.1 Å². The van der Waals surface area contributed by atoms with Gasteiger partial charge in [0.15, 0.2) is 0 Å². The van der Waals surface area contributed by atoms with Crippen molar-refractivity contribution in [2.75, 3.05) is 0 Å². The van der Waals surface area contributed by atoms with E-state index in [1.165, 1.54) is 16.3 Å². The minimum absolute atomic E-state index is 1.15. The van der Waals surface area contributed by atoms with Crippen LogP contribution in [0, 0.1) is 12.5 Å². The lowest BCUT2D eigenvalue weighted by Gasteiger charge is -2.10. The van der Waals surface area contributed by atoms with Gasteiger partial charge in [0, 0.05) is 0 Å². The van der Waals surface area contributed by atoms with Crippen molar-refractivity contribution >= 4 is 16.8 Å². The number of hydrogen-bond donors (Lipinski definition) is 0. The highest BCUT2D eigenvalue weighted by Crippen LogP contribution is 2.28. The molecule has 3 rings (SSSR count). The number of allylic oxidation sites excluding steroid dienone is 1. The van der Waals surface area contributed by atoms with Crippen molar-refractivity contribution in [2.24, 2.45) is 0 Å². The molecule has 0 aliphatic heterocycles. The van der Waals surface area contributed by atoms with Crippen molar-refractivity contribution < 1.29 is 0 Å². The van der Waals surface area contributed by atoms with Crippen molar-refractivity contribution in [2.45, 2.75) is 0 Å². The number of benzene rings is 2. The molecule has 0 aromatic heterocycles. The number of rotatable bonds is 0. The average Bonchev–Trinajstić information content (AvgIpc) is 2.19. The van der Waals surface area contributed by atoms with Gasteiger partial charge in [-0.25, -0.2) is 0 Å². The molecule has 0 amide bonds. The average molecular weight is 163 g/mol. The highest BCUT2D eigenvalue weighted by molar-refractivity contribution is 5.95. The van der Waals surface area contributed by atoms with E-state index in [-0.39, 0.29) is 0 Å². The predicted molar refractivity (Wildman–Crippen MR) is 54.0 cm³/mol. The van der Waals surface area contributed by atoms with E-state index in [0.29, 0.717) is 0 Å². The first-order chi connectivity index (χ1) is 6.45. The van der Waals surface area contributed by atoms with E-state index in [4.69, 9.17) is 0 Å². The highest BCUT2D eigenvalue weighted by atomic mass is 14.1. The van der Waals surface area contributed by atoms with E-state index in [0.717, 1.165) is 5.56 Å². The van der Waals surface area contributed by atoms with Gasteiger partial charge < -0.3 is 0 Å². The Labute approximate surface area is 77.5 Å². The second-order valence-corrected chi connectivity index (χ2v) is 3.16. The van der Waals surface area contributed by atoms with Crippen LogP contribution in [0.5, 0.6) is 0 Å². The van der Waals surface area contributed by atoms with Crippen molar-refractivity contribution in [1.82, 2.24) is 0 Å². The zero-order valence-electron chi connectivity index (χ0n) is 7.04. The maximum absolute atomic E-state index is 3.12. The monoisotopic (exact) mass is 163 g/mol. The molecule has 59 valence electrons. The molecule has 0 spiro atoms. The third-order valence-corrected chi connectivity index (χ3v) is 2.37. The molecular formula is C13H7.